The average Bonchev–Trinajstić information content (AvgIpc) is 3.43. The number of nitrogens with zero attached hydrogens (tertiary/aromatic N) is 3. The molecule has 3 fully saturated rings. The van der Waals surface area contributed by atoms with Gasteiger partial charge in [-0.2, -0.15) is 5.26 Å². The molecule has 0 bridgehead atoms. The molecule has 1 N–H and O–H groups in total. The van der Waals surface area contributed by atoms with Gasteiger partial charge in [-0.3, -0.25) is 4.79 Å². The van der Waals surface area contributed by atoms with E-state index in [0.717, 1.165) is 30.7 Å². The van der Waals surface area contributed by atoms with E-state index in [9.17, 15) is 10.1 Å². The van der Waals surface area contributed by atoms with Gasteiger partial charge in [0, 0.05) is 29.8 Å². The second-order valence-electron chi connectivity index (χ2n) is 11.6. The molecule has 1 aromatic heterocycles. The Morgan fingerprint density at radius 1 is 1.18 bits per heavy atom. The summed E-state index contributed by atoms with van der Waals surface area (Å²) >= 11 is 0. The number of carbonyl (C=O) groups is 1. The number of aromatic nitrogens is 2. The Morgan fingerprint density at radius 3 is 2.85 bits per heavy atom. The number of rotatable bonds is 2. The summed E-state index contributed by atoms with van der Waals surface area (Å²) in [6.07, 6.45) is 15.6. The number of imidazole rings is 1. The molecule has 1 aromatic carbocycles. The van der Waals surface area contributed by atoms with Crippen molar-refractivity contribution in [2.75, 3.05) is 5.32 Å². The molecule has 0 saturated heterocycles. The summed E-state index contributed by atoms with van der Waals surface area (Å²) in [6.45, 7) is 6.77. The zero-order chi connectivity index (χ0) is 23.7. The minimum atomic E-state index is 0.0122. The summed E-state index contributed by atoms with van der Waals surface area (Å²) in [5.74, 6) is 3.11. The van der Waals surface area contributed by atoms with E-state index in [4.69, 9.17) is 0 Å². The molecule has 5 heteroatoms. The molecule has 5 nitrogen and oxygen atoms in total. The number of hydrogen-bond donors (Lipinski definition) is 1. The quantitative estimate of drug-likeness (QED) is 0.593. The van der Waals surface area contributed by atoms with Gasteiger partial charge >= 0.3 is 0 Å². The van der Waals surface area contributed by atoms with Crippen molar-refractivity contribution in [1.82, 2.24) is 9.55 Å². The number of allylic oxidation sites excluding steroid dienone is 1. The van der Waals surface area contributed by atoms with E-state index in [0.29, 0.717) is 35.0 Å². The fraction of sp³-hybridized carbons (Fsp3) is 0.552. The fourth-order valence-corrected chi connectivity index (χ4v) is 8.59. The lowest BCUT2D eigenvalue weighted by Gasteiger charge is -2.59. The van der Waals surface area contributed by atoms with Gasteiger partial charge in [0.15, 0.2) is 0 Å². The lowest BCUT2D eigenvalue weighted by molar-refractivity contribution is -0.127. The van der Waals surface area contributed by atoms with E-state index in [2.05, 4.69) is 53.1 Å². The molecule has 4 aliphatic rings. The van der Waals surface area contributed by atoms with Gasteiger partial charge in [-0.25, -0.2) is 4.98 Å². The zero-order valence-electron chi connectivity index (χ0n) is 20.4. The van der Waals surface area contributed by atoms with Crippen LogP contribution in [0.2, 0.25) is 0 Å². The minimum Gasteiger partial charge on any atom is -0.328 e. The molecule has 3 aliphatic carbocycles. The SMILES string of the molecule is Cc1cccc(NC(=O)[C@H]2CC[C@H]3[C@@H]4CCC5n6ccnc6C=C[C@]5(C)[C@H]4CC[C@]23C)c1C#N. The Kier molecular flexibility index (Phi) is 4.82. The summed E-state index contributed by atoms with van der Waals surface area (Å²) in [7, 11) is 0. The first-order valence-corrected chi connectivity index (χ1v) is 12.9. The summed E-state index contributed by atoms with van der Waals surface area (Å²) in [5.41, 5.74) is 2.33. The zero-order valence-corrected chi connectivity index (χ0v) is 20.4. The Balaban J connectivity index is 1.25. The second kappa shape index (κ2) is 7.57. The first-order valence-electron chi connectivity index (χ1n) is 12.9. The molecule has 7 atom stereocenters. The molecular weight excluding hydrogens is 420 g/mol. The van der Waals surface area contributed by atoms with Crippen molar-refractivity contribution in [3.8, 4) is 6.07 Å². The van der Waals surface area contributed by atoms with Gasteiger partial charge in [0.25, 0.3) is 0 Å². The van der Waals surface area contributed by atoms with Crippen LogP contribution in [-0.4, -0.2) is 15.5 Å². The van der Waals surface area contributed by atoms with E-state index >= 15 is 0 Å². The number of nitriles is 1. The van der Waals surface area contributed by atoms with Crippen molar-refractivity contribution in [3.05, 3.63) is 53.6 Å². The van der Waals surface area contributed by atoms with Crippen LogP contribution in [0, 0.1) is 52.8 Å². The van der Waals surface area contributed by atoms with E-state index in [1.165, 1.54) is 19.3 Å². The number of nitrogens with one attached hydrogen (secondary N) is 1. The van der Waals surface area contributed by atoms with Gasteiger partial charge in [0.2, 0.25) is 5.91 Å². The van der Waals surface area contributed by atoms with Gasteiger partial charge in [-0.05, 0) is 86.3 Å². The highest BCUT2D eigenvalue weighted by molar-refractivity contribution is 5.94. The van der Waals surface area contributed by atoms with Crippen molar-refractivity contribution >= 4 is 17.7 Å². The predicted molar refractivity (Wildman–Crippen MR) is 133 cm³/mol. The molecule has 1 aliphatic heterocycles. The molecule has 0 radical (unpaired) electrons. The van der Waals surface area contributed by atoms with Gasteiger partial charge in [-0.15, -0.1) is 0 Å². The molecule has 3 saturated carbocycles. The lowest BCUT2D eigenvalue weighted by Crippen LogP contribution is -2.53. The molecule has 6 rings (SSSR count). The molecule has 2 heterocycles. The van der Waals surface area contributed by atoms with Gasteiger partial charge in [0.05, 0.1) is 11.3 Å². The van der Waals surface area contributed by atoms with Crippen LogP contribution < -0.4 is 5.32 Å². The molecule has 1 unspecified atom stereocenters. The molecule has 176 valence electrons. The molecular formula is C29H34N4O. The normalized spacial score (nSPS) is 37.6. The summed E-state index contributed by atoms with van der Waals surface area (Å²) in [6, 6.07) is 8.46. The standard InChI is InChI=1S/C29H34N4O/c1-18-5-4-6-24(20(18)17-30)32-27(34)23-9-8-21-19-7-10-25-29(3,22(19)11-13-28(21,23)2)14-12-26-31-15-16-33(25)26/h4-6,12,14-16,19,21-23,25H,7-11,13H2,1-3H3,(H,32,34)/t19-,21-,22-,23+,25?,28-,29+/m0/s1. The van der Waals surface area contributed by atoms with Crippen LogP contribution in [-0.2, 0) is 4.79 Å². The van der Waals surface area contributed by atoms with Gasteiger partial charge in [0.1, 0.15) is 11.9 Å². The van der Waals surface area contributed by atoms with Gasteiger partial charge < -0.3 is 9.88 Å². The molecule has 0 spiro atoms. The van der Waals surface area contributed by atoms with Crippen molar-refractivity contribution in [2.24, 2.45) is 34.5 Å². The molecule has 1 amide bonds. The van der Waals surface area contributed by atoms with E-state index in [1.54, 1.807) is 0 Å². The van der Waals surface area contributed by atoms with E-state index in [1.807, 2.05) is 31.3 Å². The number of hydrogen-bond acceptors (Lipinski definition) is 3. The van der Waals surface area contributed by atoms with Crippen LogP contribution >= 0.6 is 0 Å². The van der Waals surface area contributed by atoms with Crippen LogP contribution in [0.1, 0.15) is 75.4 Å². The van der Waals surface area contributed by atoms with E-state index in [-0.39, 0.29) is 22.7 Å². The maximum Gasteiger partial charge on any atom is 0.228 e. The summed E-state index contributed by atoms with van der Waals surface area (Å²) in [5, 5.41) is 12.8. The van der Waals surface area contributed by atoms with Crippen LogP contribution in [0.15, 0.2) is 36.7 Å². The minimum absolute atomic E-state index is 0.0122. The third-order valence-corrected chi connectivity index (χ3v) is 10.3. The number of amides is 1. The van der Waals surface area contributed by atoms with Gasteiger partial charge in [-0.1, -0.05) is 32.1 Å². The highest BCUT2D eigenvalue weighted by Gasteiger charge is 2.61. The van der Waals surface area contributed by atoms with Crippen LogP contribution in [0.4, 0.5) is 5.69 Å². The highest BCUT2D eigenvalue weighted by atomic mass is 16.1. The van der Waals surface area contributed by atoms with Crippen molar-refractivity contribution in [2.45, 2.75) is 65.3 Å². The number of carbonyl (C=O) groups excluding carboxylic acids is 1. The number of benzene rings is 1. The Bertz CT molecular complexity index is 1220. The number of fused-ring (bicyclic) bond motifs is 7. The third kappa shape index (κ3) is 2.90. The lowest BCUT2D eigenvalue weighted by atomic mass is 9.48. The monoisotopic (exact) mass is 454 g/mol. The number of anilines is 1. The molecule has 34 heavy (non-hydrogen) atoms. The van der Waals surface area contributed by atoms with Crippen molar-refractivity contribution in [3.63, 3.8) is 0 Å². The van der Waals surface area contributed by atoms with Crippen LogP contribution in [0.3, 0.4) is 0 Å². The van der Waals surface area contributed by atoms with E-state index < -0.39 is 0 Å². The third-order valence-electron chi connectivity index (χ3n) is 10.3. The Labute approximate surface area is 202 Å². The summed E-state index contributed by atoms with van der Waals surface area (Å²) < 4.78 is 2.41. The predicted octanol–water partition coefficient (Wildman–Crippen LogP) is 6.13. The first-order chi connectivity index (χ1) is 16.4. The smallest absolute Gasteiger partial charge is 0.228 e. The Morgan fingerprint density at radius 2 is 2.03 bits per heavy atom. The summed E-state index contributed by atoms with van der Waals surface area (Å²) in [4.78, 5) is 18.1. The Hall–Kier alpha value is -2.87. The largest absolute Gasteiger partial charge is 0.328 e. The maximum absolute atomic E-state index is 13.6. The maximum atomic E-state index is 13.6. The number of aryl methyl sites for hydroxylation is 1. The first kappa shape index (κ1) is 21.6. The van der Waals surface area contributed by atoms with Crippen molar-refractivity contribution in [1.29, 1.82) is 5.26 Å². The average molecular weight is 455 g/mol. The topological polar surface area (TPSA) is 70.7 Å². The second-order valence-corrected chi connectivity index (χ2v) is 11.6. The highest BCUT2D eigenvalue weighted by Crippen LogP contribution is 2.67. The van der Waals surface area contributed by atoms with Crippen LogP contribution in [0.25, 0.3) is 6.08 Å². The van der Waals surface area contributed by atoms with Crippen molar-refractivity contribution < 1.29 is 4.79 Å². The molecule has 2 aromatic rings. The fourth-order valence-electron chi connectivity index (χ4n) is 8.59. The van der Waals surface area contributed by atoms with Crippen LogP contribution in [0.5, 0.6) is 0 Å².